The lowest BCUT2D eigenvalue weighted by atomic mass is 9.77. The number of hydrogen-bond donors (Lipinski definition) is 1. The molecule has 5 aliphatic heterocycles. The van der Waals surface area contributed by atoms with Crippen LogP contribution < -0.4 is 20.0 Å². The monoisotopic (exact) mass is 810 g/mol. The number of benzene rings is 2. The van der Waals surface area contributed by atoms with E-state index in [2.05, 4.69) is 37.9 Å². The predicted octanol–water partition coefficient (Wildman–Crippen LogP) is 4.07. The summed E-state index contributed by atoms with van der Waals surface area (Å²) in [4.78, 5) is 70.8. The minimum absolute atomic E-state index is 0.0294. The van der Waals surface area contributed by atoms with Crippen LogP contribution in [-0.2, 0) is 16.1 Å². The number of piperidine rings is 1. The van der Waals surface area contributed by atoms with E-state index in [9.17, 15) is 24.4 Å². The summed E-state index contributed by atoms with van der Waals surface area (Å²) in [7, 11) is 0. The molecule has 1 spiro atoms. The maximum absolute atomic E-state index is 15.4. The zero-order chi connectivity index (χ0) is 40.7. The number of anilines is 3. The average Bonchev–Trinajstić information content (AvgIpc) is 3.65. The van der Waals surface area contributed by atoms with Crippen molar-refractivity contribution in [1.82, 2.24) is 30.0 Å². The van der Waals surface area contributed by atoms with Crippen LogP contribution in [0, 0.1) is 22.6 Å². The Morgan fingerprint density at radius 3 is 2.41 bits per heavy atom. The van der Waals surface area contributed by atoms with E-state index in [1.165, 1.54) is 6.07 Å². The summed E-state index contributed by atoms with van der Waals surface area (Å²) in [6.45, 7) is 12.0. The van der Waals surface area contributed by atoms with Gasteiger partial charge in [-0.3, -0.25) is 44.2 Å². The molecule has 2 unspecified atom stereocenters. The smallest absolute Gasteiger partial charge is 0.261 e. The number of likely N-dealkylation sites (tertiary alicyclic amines) is 1. The number of halogens is 2. The van der Waals surface area contributed by atoms with Crippen molar-refractivity contribution in [2.75, 3.05) is 73.6 Å². The van der Waals surface area contributed by atoms with Crippen molar-refractivity contribution in [3.63, 3.8) is 0 Å². The molecular formula is C42H48ClFN10O4. The molecule has 304 valence electrons. The van der Waals surface area contributed by atoms with Crippen LogP contribution in [0.1, 0.15) is 77.9 Å². The Morgan fingerprint density at radius 1 is 1.03 bits per heavy atom. The van der Waals surface area contributed by atoms with Crippen LogP contribution >= 0.6 is 11.6 Å². The summed E-state index contributed by atoms with van der Waals surface area (Å²) in [6, 6.07) is 10.7. The molecule has 6 heterocycles. The van der Waals surface area contributed by atoms with Gasteiger partial charge in [-0.2, -0.15) is 5.26 Å². The van der Waals surface area contributed by atoms with E-state index >= 15 is 4.39 Å². The van der Waals surface area contributed by atoms with Gasteiger partial charge in [0.25, 0.3) is 11.8 Å². The van der Waals surface area contributed by atoms with Gasteiger partial charge in [-0.25, -0.2) is 9.37 Å². The number of nitrogens with one attached hydrogen (secondary N) is 1. The first kappa shape index (κ1) is 39.6. The van der Waals surface area contributed by atoms with Gasteiger partial charge in [0.15, 0.2) is 0 Å². The number of hydrogen-bond acceptors (Lipinski definition) is 12. The third-order valence-corrected chi connectivity index (χ3v) is 13.3. The van der Waals surface area contributed by atoms with Crippen LogP contribution in [0.5, 0.6) is 0 Å². The van der Waals surface area contributed by atoms with Gasteiger partial charge < -0.3 is 14.7 Å². The minimum Gasteiger partial charge on any atom is -0.368 e. The molecule has 14 nitrogen and oxygen atoms in total. The van der Waals surface area contributed by atoms with E-state index in [4.69, 9.17) is 21.6 Å². The van der Waals surface area contributed by atoms with Gasteiger partial charge in [-0.05, 0) is 75.3 Å². The molecule has 4 amide bonds. The standard InChI is InChI=1S/C42H48ClFN10O4/c1-27(3-6-39(56)48-26-55)54-40(57)33-16-36(44)37(17-34(33)41(54)58)51-13-11-50(12-14-51)32-23-49(24-32)22-30-20-47-38(21-46-30)52-9-7-42(8-10-52)18-28(2)53(25-42)31-5-4-29(19-45)35(43)15-31/h4-5,15-17,20-21,26-28,32H,3,6-14,18,22-25H2,1-2H3,(H,48,55,56). The second-order valence-electron chi connectivity index (χ2n) is 16.6. The molecule has 3 aromatic rings. The zero-order valence-corrected chi connectivity index (χ0v) is 33.6. The Kier molecular flexibility index (Phi) is 11.1. The van der Waals surface area contributed by atoms with E-state index < -0.39 is 29.6 Å². The molecule has 2 atom stereocenters. The second kappa shape index (κ2) is 16.2. The van der Waals surface area contributed by atoms with Crippen molar-refractivity contribution in [3.05, 3.63) is 75.9 Å². The number of amides is 4. The summed E-state index contributed by atoms with van der Waals surface area (Å²) in [5, 5.41) is 11.8. The fourth-order valence-corrected chi connectivity index (χ4v) is 9.80. The number of nitriles is 1. The summed E-state index contributed by atoms with van der Waals surface area (Å²) >= 11 is 6.37. The SMILES string of the molecule is CC(CCC(=O)NC=O)N1C(=O)c2cc(F)c(N3CCN(C4CN(Cc5cnc(N6CCC7(CC6)CC(C)N(c6ccc(C#N)c(Cl)c6)C7)cn5)C4)CC3)cc2C1=O. The van der Waals surface area contributed by atoms with Crippen molar-refractivity contribution in [3.8, 4) is 6.07 Å². The molecule has 0 aliphatic carbocycles. The molecule has 4 fully saturated rings. The van der Waals surface area contributed by atoms with Crippen molar-refractivity contribution >= 4 is 52.9 Å². The first-order valence-electron chi connectivity index (χ1n) is 20.1. The highest BCUT2D eigenvalue weighted by atomic mass is 35.5. The molecule has 1 aromatic heterocycles. The van der Waals surface area contributed by atoms with E-state index in [1.54, 1.807) is 6.92 Å². The summed E-state index contributed by atoms with van der Waals surface area (Å²) in [6.07, 6.45) is 7.55. The molecular weight excluding hydrogens is 763 g/mol. The van der Waals surface area contributed by atoms with Crippen LogP contribution in [0.2, 0.25) is 5.02 Å². The molecule has 8 rings (SSSR count). The Labute approximate surface area is 342 Å². The molecule has 4 saturated heterocycles. The number of fused-ring (bicyclic) bond motifs is 1. The van der Waals surface area contributed by atoms with E-state index in [1.807, 2.05) is 35.5 Å². The number of imide groups is 2. The van der Waals surface area contributed by atoms with Crippen LogP contribution in [-0.4, -0.2) is 126 Å². The maximum Gasteiger partial charge on any atom is 0.261 e. The highest BCUT2D eigenvalue weighted by Crippen LogP contribution is 2.46. The Hall–Kier alpha value is -5.17. The largest absolute Gasteiger partial charge is 0.368 e. The molecule has 16 heteroatoms. The molecule has 0 saturated carbocycles. The van der Waals surface area contributed by atoms with Gasteiger partial charge in [0, 0.05) is 95.7 Å². The topological polar surface area (TPSA) is 149 Å². The van der Waals surface area contributed by atoms with E-state index in [0.717, 1.165) is 99.8 Å². The Bertz CT molecular complexity index is 2130. The quantitative estimate of drug-likeness (QED) is 0.220. The van der Waals surface area contributed by atoms with E-state index in [0.29, 0.717) is 47.9 Å². The fraction of sp³-hybridized carbons (Fsp3) is 0.500. The third-order valence-electron chi connectivity index (χ3n) is 12.9. The number of rotatable bonds is 11. The van der Waals surface area contributed by atoms with Crippen molar-refractivity contribution in [2.45, 2.75) is 70.6 Å². The lowest BCUT2D eigenvalue weighted by Gasteiger charge is -2.48. The van der Waals surface area contributed by atoms with Crippen molar-refractivity contribution in [1.29, 1.82) is 5.26 Å². The van der Waals surface area contributed by atoms with Gasteiger partial charge in [-0.15, -0.1) is 0 Å². The van der Waals surface area contributed by atoms with Gasteiger partial charge in [0.1, 0.15) is 17.7 Å². The molecule has 1 N–H and O–H groups in total. The number of piperazine rings is 1. The van der Waals surface area contributed by atoms with E-state index in [-0.39, 0.29) is 29.4 Å². The average molecular weight is 811 g/mol. The maximum atomic E-state index is 15.4. The van der Waals surface area contributed by atoms with Crippen molar-refractivity contribution in [2.24, 2.45) is 5.41 Å². The summed E-state index contributed by atoms with van der Waals surface area (Å²) in [5.41, 5.74) is 3.28. The highest BCUT2D eigenvalue weighted by Gasteiger charge is 2.45. The molecule has 0 bridgehead atoms. The first-order chi connectivity index (χ1) is 28.0. The number of aromatic nitrogens is 2. The van der Waals surface area contributed by atoms with Crippen LogP contribution in [0.15, 0.2) is 42.7 Å². The van der Waals surface area contributed by atoms with Crippen LogP contribution in [0.3, 0.4) is 0 Å². The normalized spacial score (nSPS) is 21.6. The van der Waals surface area contributed by atoms with Crippen molar-refractivity contribution < 1.29 is 23.6 Å². The lowest BCUT2D eigenvalue weighted by molar-refractivity contribution is -0.125. The highest BCUT2D eigenvalue weighted by molar-refractivity contribution is 6.32. The zero-order valence-electron chi connectivity index (χ0n) is 32.9. The summed E-state index contributed by atoms with van der Waals surface area (Å²) in [5.74, 6) is -1.20. The van der Waals surface area contributed by atoms with Gasteiger partial charge in [0.05, 0.1) is 45.5 Å². The van der Waals surface area contributed by atoms with Crippen LogP contribution in [0.4, 0.5) is 21.6 Å². The lowest BCUT2D eigenvalue weighted by Crippen LogP contribution is -2.62. The van der Waals surface area contributed by atoms with Crippen LogP contribution in [0.25, 0.3) is 0 Å². The number of carbonyl (C=O) groups is 4. The number of nitrogens with zero attached hydrogens (tertiary/aromatic N) is 9. The molecule has 0 radical (unpaired) electrons. The van der Waals surface area contributed by atoms with Gasteiger partial charge in [0.2, 0.25) is 12.3 Å². The van der Waals surface area contributed by atoms with Gasteiger partial charge >= 0.3 is 0 Å². The molecule has 5 aliphatic rings. The summed E-state index contributed by atoms with van der Waals surface area (Å²) < 4.78 is 15.4. The minimum atomic E-state index is -0.597. The third kappa shape index (κ3) is 7.72. The Morgan fingerprint density at radius 2 is 1.76 bits per heavy atom. The predicted molar refractivity (Wildman–Crippen MR) is 216 cm³/mol. The Balaban J connectivity index is 0.781. The fourth-order valence-electron chi connectivity index (χ4n) is 9.58. The number of carbonyl (C=O) groups excluding carboxylic acids is 4. The second-order valence-corrected chi connectivity index (χ2v) is 17.0. The molecule has 58 heavy (non-hydrogen) atoms. The first-order valence-corrected chi connectivity index (χ1v) is 20.5. The van der Waals surface area contributed by atoms with Gasteiger partial charge in [-0.1, -0.05) is 11.6 Å². The molecule has 2 aromatic carbocycles.